The quantitative estimate of drug-likeness (QED) is 0.819. The van der Waals surface area contributed by atoms with Crippen molar-refractivity contribution in [3.63, 3.8) is 0 Å². The first kappa shape index (κ1) is 11.6. The van der Waals surface area contributed by atoms with Gasteiger partial charge in [-0.25, -0.2) is 0 Å². The van der Waals surface area contributed by atoms with Crippen LogP contribution in [0.25, 0.3) is 0 Å². The Labute approximate surface area is 98.9 Å². The van der Waals surface area contributed by atoms with E-state index in [4.69, 9.17) is 0 Å². The fourth-order valence-electron chi connectivity index (χ4n) is 2.39. The molecule has 0 aromatic heterocycles. The van der Waals surface area contributed by atoms with Gasteiger partial charge in [0.2, 0.25) is 0 Å². The SMILES string of the molecule is O=C1CCC(C(=O)O)(c2cccc(O)c2)CC1. The van der Waals surface area contributed by atoms with Gasteiger partial charge in [-0.05, 0) is 30.5 Å². The van der Waals surface area contributed by atoms with Crippen LogP contribution in [0.15, 0.2) is 24.3 Å². The summed E-state index contributed by atoms with van der Waals surface area (Å²) in [6.07, 6.45) is 1.21. The largest absolute Gasteiger partial charge is 0.508 e. The first-order valence-corrected chi connectivity index (χ1v) is 5.59. The molecule has 17 heavy (non-hydrogen) atoms. The lowest BCUT2D eigenvalue weighted by molar-refractivity contribution is -0.146. The second kappa shape index (κ2) is 4.20. The maximum absolute atomic E-state index is 11.5. The predicted octanol–water partition coefficient (Wildman–Crippen LogP) is 1.86. The third kappa shape index (κ3) is 2.02. The van der Waals surface area contributed by atoms with Crippen molar-refractivity contribution in [3.8, 4) is 5.75 Å². The number of aliphatic carboxylic acids is 1. The zero-order valence-corrected chi connectivity index (χ0v) is 9.35. The highest BCUT2D eigenvalue weighted by atomic mass is 16.4. The molecule has 0 bridgehead atoms. The molecule has 4 nitrogen and oxygen atoms in total. The van der Waals surface area contributed by atoms with Gasteiger partial charge in [-0.3, -0.25) is 9.59 Å². The smallest absolute Gasteiger partial charge is 0.314 e. The Kier molecular flexibility index (Phi) is 2.88. The van der Waals surface area contributed by atoms with Gasteiger partial charge >= 0.3 is 5.97 Å². The second-order valence-corrected chi connectivity index (χ2v) is 4.48. The Bertz CT molecular complexity index is 454. The van der Waals surface area contributed by atoms with Crippen LogP contribution in [0, 0.1) is 0 Å². The lowest BCUT2D eigenvalue weighted by Gasteiger charge is -2.33. The molecule has 0 saturated heterocycles. The van der Waals surface area contributed by atoms with Crippen LogP contribution in [-0.2, 0) is 15.0 Å². The minimum Gasteiger partial charge on any atom is -0.508 e. The van der Waals surface area contributed by atoms with Gasteiger partial charge in [-0.1, -0.05) is 12.1 Å². The number of benzene rings is 1. The summed E-state index contributed by atoms with van der Waals surface area (Å²) in [6, 6.07) is 6.31. The molecule has 1 aromatic rings. The Hall–Kier alpha value is -1.84. The van der Waals surface area contributed by atoms with Crippen molar-refractivity contribution in [1.29, 1.82) is 0 Å². The Morgan fingerprint density at radius 1 is 1.24 bits per heavy atom. The molecule has 0 heterocycles. The number of hydrogen-bond acceptors (Lipinski definition) is 3. The van der Waals surface area contributed by atoms with Crippen LogP contribution in [0.1, 0.15) is 31.2 Å². The molecule has 0 amide bonds. The van der Waals surface area contributed by atoms with Crippen LogP contribution in [0.5, 0.6) is 5.75 Å². The van der Waals surface area contributed by atoms with Gasteiger partial charge in [0.1, 0.15) is 11.5 Å². The molecule has 90 valence electrons. The Morgan fingerprint density at radius 2 is 1.88 bits per heavy atom. The molecule has 1 saturated carbocycles. The standard InChI is InChI=1S/C13H14O4/c14-10-4-6-13(7-5-10,12(16)17)9-2-1-3-11(15)8-9/h1-3,8,15H,4-7H2,(H,16,17). The summed E-state index contributed by atoms with van der Waals surface area (Å²) in [6.45, 7) is 0. The van der Waals surface area contributed by atoms with Crippen LogP contribution in [0.4, 0.5) is 0 Å². The number of carboxylic acids is 1. The first-order valence-electron chi connectivity index (χ1n) is 5.59. The molecule has 1 aromatic carbocycles. The van der Waals surface area contributed by atoms with E-state index in [9.17, 15) is 19.8 Å². The van der Waals surface area contributed by atoms with Crippen molar-refractivity contribution in [2.24, 2.45) is 0 Å². The molecule has 0 atom stereocenters. The van der Waals surface area contributed by atoms with E-state index in [-0.39, 0.29) is 11.5 Å². The fourth-order valence-corrected chi connectivity index (χ4v) is 2.39. The number of carboxylic acid groups (broad SMARTS) is 1. The van der Waals surface area contributed by atoms with Crippen LogP contribution in [0.3, 0.4) is 0 Å². The molecule has 1 aliphatic rings. The average Bonchev–Trinajstić information content (AvgIpc) is 2.30. The first-order chi connectivity index (χ1) is 8.04. The topological polar surface area (TPSA) is 74.6 Å². The molecule has 1 fully saturated rings. The molecule has 2 N–H and O–H groups in total. The molecule has 0 spiro atoms. The van der Waals surface area contributed by atoms with Gasteiger partial charge in [0.05, 0.1) is 5.41 Å². The van der Waals surface area contributed by atoms with Crippen molar-refractivity contribution in [2.75, 3.05) is 0 Å². The van der Waals surface area contributed by atoms with Gasteiger partial charge in [-0.15, -0.1) is 0 Å². The minimum atomic E-state index is -1.02. The predicted molar refractivity (Wildman–Crippen MR) is 60.9 cm³/mol. The molecule has 0 aliphatic heterocycles. The highest BCUT2D eigenvalue weighted by Gasteiger charge is 2.43. The summed E-state index contributed by atoms with van der Waals surface area (Å²) >= 11 is 0. The van der Waals surface area contributed by atoms with Crippen LogP contribution in [-0.4, -0.2) is 22.0 Å². The van der Waals surface area contributed by atoms with E-state index in [1.807, 2.05) is 0 Å². The molecular weight excluding hydrogens is 220 g/mol. The summed E-state index contributed by atoms with van der Waals surface area (Å²) in [5.74, 6) is -0.752. The zero-order chi connectivity index (χ0) is 12.5. The number of aromatic hydroxyl groups is 1. The molecular formula is C13H14O4. The number of carbonyl (C=O) groups is 2. The van der Waals surface area contributed by atoms with Crippen LogP contribution < -0.4 is 0 Å². The van der Waals surface area contributed by atoms with E-state index in [1.165, 1.54) is 12.1 Å². The highest BCUT2D eigenvalue weighted by molar-refractivity contribution is 5.87. The molecule has 4 heteroatoms. The summed E-state index contributed by atoms with van der Waals surface area (Å²) in [5.41, 5.74) is -0.440. The number of Topliss-reactive ketones (excluding diaryl/α,β-unsaturated/α-hetero) is 1. The van der Waals surface area contributed by atoms with E-state index in [2.05, 4.69) is 0 Å². The zero-order valence-electron chi connectivity index (χ0n) is 9.35. The molecule has 0 unspecified atom stereocenters. The van der Waals surface area contributed by atoms with Crippen LogP contribution >= 0.6 is 0 Å². The van der Waals surface area contributed by atoms with Gasteiger partial charge in [0.25, 0.3) is 0 Å². The third-order valence-corrected chi connectivity index (χ3v) is 3.47. The summed E-state index contributed by atoms with van der Waals surface area (Å²) in [7, 11) is 0. The van der Waals surface area contributed by atoms with E-state index in [1.54, 1.807) is 12.1 Å². The van der Waals surface area contributed by atoms with Gasteiger partial charge in [0.15, 0.2) is 0 Å². The maximum atomic E-state index is 11.5. The number of phenolic OH excluding ortho intramolecular Hbond substituents is 1. The monoisotopic (exact) mass is 234 g/mol. The van der Waals surface area contributed by atoms with Crippen molar-refractivity contribution in [2.45, 2.75) is 31.1 Å². The maximum Gasteiger partial charge on any atom is 0.314 e. The van der Waals surface area contributed by atoms with E-state index >= 15 is 0 Å². The average molecular weight is 234 g/mol. The lowest BCUT2D eigenvalue weighted by atomic mass is 9.69. The normalized spacial score (nSPS) is 18.9. The number of carbonyl (C=O) groups excluding carboxylic acids is 1. The van der Waals surface area contributed by atoms with E-state index in [0.29, 0.717) is 31.2 Å². The minimum absolute atomic E-state index is 0.0556. The van der Waals surface area contributed by atoms with E-state index in [0.717, 1.165) is 0 Å². The van der Waals surface area contributed by atoms with Crippen molar-refractivity contribution < 1.29 is 19.8 Å². The van der Waals surface area contributed by atoms with Crippen LogP contribution in [0.2, 0.25) is 0 Å². The van der Waals surface area contributed by atoms with Crippen molar-refractivity contribution >= 4 is 11.8 Å². The fraction of sp³-hybridized carbons (Fsp3) is 0.385. The number of ketones is 1. The molecule has 0 radical (unpaired) electrons. The number of rotatable bonds is 2. The summed E-state index contributed by atoms with van der Waals surface area (Å²) in [4.78, 5) is 22.7. The Balaban J connectivity index is 2.41. The third-order valence-electron chi connectivity index (χ3n) is 3.47. The van der Waals surface area contributed by atoms with E-state index < -0.39 is 11.4 Å². The number of phenols is 1. The summed E-state index contributed by atoms with van der Waals surface area (Å²) in [5, 5.41) is 18.9. The molecule has 2 rings (SSSR count). The molecule has 1 aliphatic carbocycles. The second-order valence-electron chi connectivity index (χ2n) is 4.48. The summed E-state index contributed by atoms with van der Waals surface area (Å²) < 4.78 is 0. The number of hydrogen-bond donors (Lipinski definition) is 2. The van der Waals surface area contributed by atoms with Gasteiger partial charge in [0, 0.05) is 12.8 Å². The lowest BCUT2D eigenvalue weighted by Crippen LogP contribution is -2.39. The van der Waals surface area contributed by atoms with Crippen molar-refractivity contribution in [1.82, 2.24) is 0 Å². The van der Waals surface area contributed by atoms with Crippen molar-refractivity contribution in [3.05, 3.63) is 29.8 Å². The Morgan fingerprint density at radius 3 is 2.41 bits per heavy atom. The van der Waals surface area contributed by atoms with Gasteiger partial charge < -0.3 is 10.2 Å². The highest BCUT2D eigenvalue weighted by Crippen LogP contribution is 2.39. The van der Waals surface area contributed by atoms with Gasteiger partial charge in [-0.2, -0.15) is 0 Å².